The van der Waals surface area contributed by atoms with Crippen molar-refractivity contribution in [2.75, 3.05) is 4.90 Å². The van der Waals surface area contributed by atoms with E-state index in [-0.39, 0.29) is 0 Å². The van der Waals surface area contributed by atoms with Gasteiger partial charge in [-0.2, -0.15) is 0 Å². The van der Waals surface area contributed by atoms with Gasteiger partial charge in [0, 0.05) is 36.0 Å². The predicted octanol–water partition coefficient (Wildman–Crippen LogP) is 2.66. The number of pyridine rings is 1. The summed E-state index contributed by atoms with van der Waals surface area (Å²) < 4.78 is 0. The molecule has 0 aliphatic heterocycles. The average molecular weight is 300 g/mol. The Bertz CT molecular complexity index is 608. The predicted molar refractivity (Wildman–Crippen MR) is 88.9 cm³/mol. The first-order valence-electron chi connectivity index (χ1n) is 7.42. The molecule has 2 aromatic heterocycles. The van der Waals surface area contributed by atoms with Crippen molar-refractivity contribution in [3.63, 3.8) is 0 Å². The average Bonchev–Trinajstić information content (AvgIpc) is 3.31. The lowest BCUT2D eigenvalue weighted by atomic mass is 10.1. The van der Waals surface area contributed by atoms with Crippen molar-refractivity contribution in [3.05, 3.63) is 42.1 Å². The van der Waals surface area contributed by atoms with Crippen molar-refractivity contribution in [2.45, 2.75) is 45.2 Å². The summed E-state index contributed by atoms with van der Waals surface area (Å²) in [5.74, 6) is 1.49. The van der Waals surface area contributed by atoms with Gasteiger partial charge in [-0.15, -0.1) is 0 Å². The molecule has 2 aromatic rings. The van der Waals surface area contributed by atoms with Gasteiger partial charge in [-0.25, -0.2) is 9.97 Å². The number of aromatic nitrogens is 3. The Morgan fingerprint density at radius 2 is 2.05 bits per heavy atom. The van der Waals surface area contributed by atoms with Crippen LogP contribution < -0.4 is 10.2 Å². The Morgan fingerprint density at radius 1 is 1.24 bits per heavy atom. The zero-order valence-corrected chi connectivity index (χ0v) is 13.7. The molecule has 21 heavy (non-hydrogen) atoms. The van der Waals surface area contributed by atoms with Gasteiger partial charge in [-0.05, 0) is 30.4 Å². The van der Waals surface area contributed by atoms with Crippen LogP contribution in [0, 0.1) is 0 Å². The van der Waals surface area contributed by atoms with E-state index in [1.165, 1.54) is 18.4 Å². The van der Waals surface area contributed by atoms with E-state index in [0.717, 1.165) is 23.4 Å². The molecule has 0 radical (unpaired) electrons. The molecule has 0 aromatic carbocycles. The zero-order valence-electron chi connectivity index (χ0n) is 12.5. The van der Waals surface area contributed by atoms with E-state index in [2.05, 4.69) is 55.1 Å². The van der Waals surface area contributed by atoms with Gasteiger partial charge in [0.05, 0.1) is 0 Å². The summed E-state index contributed by atoms with van der Waals surface area (Å²) in [7, 11) is 2.73. The summed E-state index contributed by atoms with van der Waals surface area (Å²) in [6.45, 7) is 5.19. The number of hydrogen-bond acceptors (Lipinski definition) is 4. The minimum absolute atomic E-state index is 0.471. The second-order valence-electron chi connectivity index (χ2n) is 5.91. The number of rotatable bonds is 5. The van der Waals surface area contributed by atoms with Crippen molar-refractivity contribution in [2.24, 2.45) is 0 Å². The van der Waals surface area contributed by atoms with Gasteiger partial charge >= 0.3 is 0 Å². The SMILES string of the molecule is CC(C)c1ccc(CN(c2ncncc2P)C2CC2)cn1. The first kappa shape index (κ1) is 14.4. The highest BCUT2D eigenvalue weighted by molar-refractivity contribution is 7.28. The van der Waals surface area contributed by atoms with Crippen LogP contribution in [0.1, 0.15) is 43.9 Å². The van der Waals surface area contributed by atoms with Gasteiger partial charge < -0.3 is 4.90 Å². The third-order valence-electron chi connectivity index (χ3n) is 3.77. The van der Waals surface area contributed by atoms with Crippen molar-refractivity contribution in [3.8, 4) is 0 Å². The summed E-state index contributed by atoms with van der Waals surface area (Å²) in [5, 5.41) is 1.05. The van der Waals surface area contributed by atoms with E-state index in [1.807, 2.05) is 12.4 Å². The Labute approximate surface area is 128 Å². The topological polar surface area (TPSA) is 41.9 Å². The number of hydrogen-bond donors (Lipinski definition) is 0. The first-order valence-corrected chi connectivity index (χ1v) is 8.00. The van der Waals surface area contributed by atoms with Crippen LogP contribution >= 0.6 is 9.24 Å². The molecule has 0 bridgehead atoms. The maximum absolute atomic E-state index is 4.56. The van der Waals surface area contributed by atoms with Gasteiger partial charge in [0.15, 0.2) is 0 Å². The molecule has 0 saturated heterocycles. The largest absolute Gasteiger partial charge is 0.349 e. The van der Waals surface area contributed by atoms with E-state index in [1.54, 1.807) is 6.33 Å². The fourth-order valence-electron chi connectivity index (χ4n) is 2.40. The van der Waals surface area contributed by atoms with E-state index in [0.29, 0.717) is 12.0 Å². The Hall–Kier alpha value is -1.54. The molecular weight excluding hydrogens is 279 g/mol. The van der Waals surface area contributed by atoms with Crippen molar-refractivity contribution in [1.29, 1.82) is 0 Å². The highest BCUT2D eigenvalue weighted by atomic mass is 31.0. The molecule has 3 rings (SSSR count). The minimum Gasteiger partial charge on any atom is -0.349 e. The molecule has 0 spiro atoms. The van der Waals surface area contributed by atoms with E-state index >= 15 is 0 Å². The van der Waals surface area contributed by atoms with Gasteiger partial charge in [-0.1, -0.05) is 29.2 Å². The number of nitrogens with zero attached hydrogens (tertiary/aromatic N) is 4. The monoisotopic (exact) mass is 300 g/mol. The molecule has 0 amide bonds. The van der Waals surface area contributed by atoms with Crippen LogP contribution in [0.2, 0.25) is 0 Å². The maximum atomic E-state index is 4.56. The smallest absolute Gasteiger partial charge is 0.139 e. The number of anilines is 1. The summed E-state index contributed by atoms with van der Waals surface area (Å²) in [4.78, 5) is 15.5. The third-order valence-corrected chi connectivity index (χ3v) is 4.18. The fourth-order valence-corrected chi connectivity index (χ4v) is 2.73. The molecule has 1 unspecified atom stereocenters. The van der Waals surface area contributed by atoms with Gasteiger partial charge in [-0.3, -0.25) is 4.98 Å². The van der Waals surface area contributed by atoms with Crippen LogP contribution in [0.4, 0.5) is 5.82 Å². The maximum Gasteiger partial charge on any atom is 0.139 e. The van der Waals surface area contributed by atoms with Crippen LogP contribution in [-0.4, -0.2) is 21.0 Å². The second kappa shape index (κ2) is 6.07. The standard InChI is InChI=1S/C16H21N4P/c1-11(2)14-6-3-12(7-18-14)9-20(13-4-5-13)16-15(21)8-17-10-19-16/h3,6-8,10-11,13H,4-5,9,21H2,1-2H3. The van der Waals surface area contributed by atoms with Gasteiger partial charge in [0.1, 0.15) is 12.1 Å². The van der Waals surface area contributed by atoms with Crippen molar-refractivity contribution < 1.29 is 0 Å². The molecule has 0 N–H and O–H groups in total. The molecule has 110 valence electrons. The van der Waals surface area contributed by atoms with Gasteiger partial charge in [0.25, 0.3) is 0 Å². The molecular formula is C16H21N4P. The molecule has 5 heteroatoms. The van der Waals surface area contributed by atoms with Crippen molar-refractivity contribution >= 4 is 20.4 Å². The second-order valence-corrected chi connectivity index (χ2v) is 6.53. The zero-order chi connectivity index (χ0) is 14.8. The summed E-state index contributed by atoms with van der Waals surface area (Å²) in [6.07, 6.45) is 7.95. The molecule has 4 nitrogen and oxygen atoms in total. The molecule has 1 saturated carbocycles. The van der Waals surface area contributed by atoms with E-state index in [4.69, 9.17) is 0 Å². The van der Waals surface area contributed by atoms with Crippen LogP contribution in [0.5, 0.6) is 0 Å². The molecule has 1 aliphatic rings. The fraction of sp³-hybridized carbons (Fsp3) is 0.438. The summed E-state index contributed by atoms with van der Waals surface area (Å²) >= 11 is 0. The third kappa shape index (κ3) is 3.38. The molecule has 1 atom stereocenters. The van der Waals surface area contributed by atoms with Crippen LogP contribution in [0.25, 0.3) is 0 Å². The minimum atomic E-state index is 0.471. The Kier molecular flexibility index (Phi) is 4.16. The summed E-state index contributed by atoms with van der Waals surface area (Å²) in [5.41, 5.74) is 2.37. The Morgan fingerprint density at radius 3 is 2.62 bits per heavy atom. The molecule has 1 fully saturated rings. The van der Waals surface area contributed by atoms with E-state index < -0.39 is 0 Å². The van der Waals surface area contributed by atoms with Gasteiger partial charge in [0.2, 0.25) is 0 Å². The van der Waals surface area contributed by atoms with Crippen LogP contribution in [0.15, 0.2) is 30.9 Å². The highest BCUT2D eigenvalue weighted by Crippen LogP contribution is 2.31. The normalized spacial score (nSPS) is 14.5. The lowest BCUT2D eigenvalue weighted by molar-refractivity contribution is 0.768. The van der Waals surface area contributed by atoms with Crippen LogP contribution in [-0.2, 0) is 6.54 Å². The summed E-state index contributed by atoms with van der Waals surface area (Å²) in [6, 6.07) is 4.91. The lowest BCUT2D eigenvalue weighted by Gasteiger charge is -2.24. The van der Waals surface area contributed by atoms with E-state index in [9.17, 15) is 0 Å². The van der Waals surface area contributed by atoms with Crippen molar-refractivity contribution in [1.82, 2.24) is 15.0 Å². The lowest BCUT2D eigenvalue weighted by Crippen LogP contribution is -2.29. The molecule has 1 aliphatic carbocycles. The first-order chi connectivity index (χ1) is 10.1. The highest BCUT2D eigenvalue weighted by Gasteiger charge is 2.31. The molecule has 2 heterocycles. The van der Waals surface area contributed by atoms with Crippen LogP contribution in [0.3, 0.4) is 0 Å². The Balaban J connectivity index is 1.81. The quantitative estimate of drug-likeness (QED) is 0.796.